The molecule has 1 aliphatic rings. The van der Waals surface area contributed by atoms with Gasteiger partial charge in [0.15, 0.2) is 6.61 Å². The molecule has 3 aromatic carbocycles. The Balaban J connectivity index is 1.54. The molecule has 32 heavy (non-hydrogen) atoms. The maximum absolute atomic E-state index is 13.2. The van der Waals surface area contributed by atoms with E-state index >= 15 is 0 Å². The average Bonchev–Trinajstić information content (AvgIpc) is 2.90. The molecule has 1 heterocycles. The molecule has 7 heteroatoms. The van der Waals surface area contributed by atoms with Crippen molar-refractivity contribution in [2.24, 2.45) is 0 Å². The topological polar surface area (TPSA) is 67.9 Å². The van der Waals surface area contributed by atoms with Crippen LogP contribution in [0.3, 0.4) is 0 Å². The average molecular weight is 449 g/mol. The third kappa shape index (κ3) is 4.95. The first-order valence-corrected chi connectivity index (χ1v) is 11.1. The normalized spacial score (nSPS) is 12.6. The van der Waals surface area contributed by atoms with E-state index in [9.17, 15) is 9.59 Å². The largest absolute Gasteiger partial charge is 0.484 e. The molecule has 0 fully saturated rings. The van der Waals surface area contributed by atoms with E-state index in [1.165, 1.54) is 11.8 Å². The van der Waals surface area contributed by atoms with Crippen LogP contribution < -0.4 is 15.0 Å². The standard InChI is InChI=1S/C25H24N2O4S/c1-17-6-5-7-19(14-17)31-16-24(28)26-18-10-11-21-23(15-18)32-22-9-4-3-8-20(22)25(29)27(21)12-13-30-2/h3-11,14-15H,12-13,16H2,1-2H3,(H,26,28). The van der Waals surface area contributed by atoms with Crippen LogP contribution in [0.5, 0.6) is 5.75 Å². The highest BCUT2D eigenvalue weighted by Gasteiger charge is 2.27. The first-order valence-electron chi connectivity index (χ1n) is 10.3. The van der Waals surface area contributed by atoms with Gasteiger partial charge < -0.3 is 19.7 Å². The molecule has 0 aromatic heterocycles. The number of nitrogens with one attached hydrogen (secondary N) is 1. The van der Waals surface area contributed by atoms with Crippen molar-refractivity contribution in [3.8, 4) is 5.75 Å². The number of aryl methyl sites for hydroxylation is 1. The first kappa shape index (κ1) is 21.9. The first-order chi connectivity index (χ1) is 15.5. The molecule has 0 spiro atoms. The Bertz CT molecular complexity index is 1150. The molecular formula is C25H24N2O4S. The number of amides is 2. The zero-order chi connectivity index (χ0) is 22.5. The Morgan fingerprint density at radius 1 is 1.03 bits per heavy atom. The molecule has 0 unspecified atom stereocenters. The second kappa shape index (κ2) is 9.89. The molecule has 4 rings (SSSR count). The Morgan fingerprint density at radius 2 is 1.88 bits per heavy atom. The van der Waals surface area contributed by atoms with E-state index in [1.807, 2.05) is 67.6 Å². The molecule has 6 nitrogen and oxygen atoms in total. The fraction of sp³-hybridized carbons (Fsp3) is 0.200. The van der Waals surface area contributed by atoms with Crippen LogP contribution in [0, 0.1) is 6.92 Å². The summed E-state index contributed by atoms with van der Waals surface area (Å²) in [5.41, 5.74) is 3.16. The third-order valence-corrected chi connectivity index (χ3v) is 6.12. The molecule has 1 aliphatic heterocycles. The summed E-state index contributed by atoms with van der Waals surface area (Å²) in [5.74, 6) is 0.339. The molecule has 164 valence electrons. The van der Waals surface area contributed by atoms with Crippen molar-refractivity contribution >= 4 is 35.0 Å². The lowest BCUT2D eigenvalue weighted by molar-refractivity contribution is -0.118. The summed E-state index contributed by atoms with van der Waals surface area (Å²) < 4.78 is 10.8. The van der Waals surface area contributed by atoms with Crippen LogP contribution >= 0.6 is 11.8 Å². The van der Waals surface area contributed by atoms with Gasteiger partial charge in [-0.25, -0.2) is 0 Å². The molecule has 0 aliphatic carbocycles. The summed E-state index contributed by atoms with van der Waals surface area (Å²) in [6, 6.07) is 20.7. The van der Waals surface area contributed by atoms with Crippen molar-refractivity contribution in [1.29, 1.82) is 0 Å². The maximum atomic E-state index is 13.2. The van der Waals surface area contributed by atoms with E-state index in [1.54, 1.807) is 18.1 Å². The highest BCUT2D eigenvalue weighted by molar-refractivity contribution is 7.99. The summed E-state index contributed by atoms with van der Waals surface area (Å²) in [7, 11) is 1.61. The van der Waals surface area contributed by atoms with Gasteiger partial charge >= 0.3 is 0 Å². The van der Waals surface area contributed by atoms with Crippen LogP contribution in [0.15, 0.2) is 76.5 Å². The van der Waals surface area contributed by atoms with Crippen LogP contribution in [0.2, 0.25) is 0 Å². The van der Waals surface area contributed by atoms with E-state index in [0.29, 0.717) is 30.2 Å². The van der Waals surface area contributed by atoms with Crippen molar-refractivity contribution < 1.29 is 19.1 Å². The smallest absolute Gasteiger partial charge is 0.262 e. The molecule has 2 amide bonds. The van der Waals surface area contributed by atoms with Gasteiger partial charge in [-0.2, -0.15) is 0 Å². The van der Waals surface area contributed by atoms with Gasteiger partial charge in [0, 0.05) is 29.1 Å². The third-order valence-electron chi connectivity index (χ3n) is 5.00. The van der Waals surface area contributed by atoms with E-state index in [2.05, 4.69) is 5.32 Å². The lowest BCUT2D eigenvalue weighted by Gasteiger charge is -2.23. The monoisotopic (exact) mass is 448 g/mol. The van der Waals surface area contributed by atoms with Gasteiger partial charge in [0.2, 0.25) is 0 Å². The number of hydrogen-bond donors (Lipinski definition) is 1. The molecule has 0 saturated heterocycles. The minimum absolute atomic E-state index is 0.0627. The van der Waals surface area contributed by atoms with Crippen molar-refractivity contribution in [3.05, 3.63) is 77.9 Å². The van der Waals surface area contributed by atoms with Gasteiger partial charge in [-0.3, -0.25) is 9.59 Å². The van der Waals surface area contributed by atoms with E-state index in [-0.39, 0.29) is 18.4 Å². The number of carbonyl (C=O) groups is 2. The molecule has 1 N–H and O–H groups in total. The fourth-order valence-corrected chi connectivity index (χ4v) is 4.58. The van der Waals surface area contributed by atoms with Crippen molar-refractivity contribution in [2.45, 2.75) is 16.7 Å². The minimum atomic E-state index is -0.252. The molecule has 0 atom stereocenters. The van der Waals surface area contributed by atoms with Gasteiger partial charge in [-0.1, -0.05) is 36.0 Å². The number of benzene rings is 3. The highest BCUT2D eigenvalue weighted by atomic mass is 32.2. The van der Waals surface area contributed by atoms with Crippen molar-refractivity contribution in [3.63, 3.8) is 0 Å². The number of fused-ring (bicyclic) bond motifs is 2. The molecular weight excluding hydrogens is 424 g/mol. The predicted octanol–water partition coefficient (Wildman–Crippen LogP) is 4.77. The Hall–Kier alpha value is -3.29. The van der Waals surface area contributed by atoms with Crippen LogP contribution in [0.4, 0.5) is 11.4 Å². The maximum Gasteiger partial charge on any atom is 0.262 e. The zero-order valence-electron chi connectivity index (χ0n) is 18.0. The van der Waals surface area contributed by atoms with E-state index < -0.39 is 0 Å². The predicted molar refractivity (Wildman–Crippen MR) is 126 cm³/mol. The Kier molecular flexibility index (Phi) is 6.78. The van der Waals surface area contributed by atoms with Crippen LogP contribution in [-0.2, 0) is 9.53 Å². The fourth-order valence-electron chi connectivity index (χ4n) is 3.46. The number of methoxy groups -OCH3 is 1. The van der Waals surface area contributed by atoms with Gasteiger partial charge in [0.1, 0.15) is 5.75 Å². The van der Waals surface area contributed by atoms with E-state index in [4.69, 9.17) is 9.47 Å². The summed E-state index contributed by atoms with van der Waals surface area (Å²) in [6.45, 7) is 2.74. The molecule has 0 saturated carbocycles. The Morgan fingerprint density at radius 3 is 2.69 bits per heavy atom. The summed E-state index contributed by atoms with van der Waals surface area (Å²) in [6.07, 6.45) is 0. The molecule has 0 radical (unpaired) electrons. The number of ether oxygens (including phenoxy) is 2. The second-order valence-corrected chi connectivity index (χ2v) is 8.47. The van der Waals surface area contributed by atoms with Gasteiger partial charge in [-0.05, 0) is 55.0 Å². The van der Waals surface area contributed by atoms with Gasteiger partial charge in [-0.15, -0.1) is 0 Å². The SMILES string of the molecule is COCCN1C(=O)c2ccccc2Sc2cc(NC(=O)COc3cccc(C)c3)ccc21. The number of nitrogens with zero attached hydrogens (tertiary/aromatic N) is 1. The minimum Gasteiger partial charge on any atom is -0.484 e. The number of hydrogen-bond acceptors (Lipinski definition) is 5. The number of anilines is 2. The van der Waals surface area contributed by atoms with E-state index in [0.717, 1.165) is 21.0 Å². The summed E-state index contributed by atoms with van der Waals surface area (Å²) in [4.78, 5) is 29.1. The molecule has 3 aromatic rings. The highest BCUT2D eigenvalue weighted by Crippen LogP contribution is 2.42. The Labute approximate surface area is 191 Å². The lowest BCUT2D eigenvalue weighted by Crippen LogP contribution is -2.33. The summed E-state index contributed by atoms with van der Waals surface area (Å²) >= 11 is 1.51. The van der Waals surface area contributed by atoms with Crippen LogP contribution in [0.25, 0.3) is 0 Å². The van der Waals surface area contributed by atoms with Gasteiger partial charge in [0.05, 0.1) is 17.9 Å². The quantitative estimate of drug-likeness (QED) is 0.564. The van der Waals surface area contributed by atoms with Crippen molar-refractivity contribution in [2.75, 3.05) is 37.1 Å². The molecule has 0 bridgehead atoms. The number of carbonyl (C=O) groups excluding carboxylic acids is 2. The van der Waals surface area contributed by atoms with Crippen LogP contribution in [0.1, 0.15) is 15.9 Å². The number of rotatable bonds is 7. The van der Waals surface area contributed by atoms with Crippen molar-refractivity contribution in [1.82, 2.24) is 0 Å². The van der Waals surface area contributed by atoms with Gasteiger partial charge in [0.25, 0.3) is 11.8 Å². The second-order valence-electron chi connectivity index (χ2n) is 7.38. The summed E-state index contributed by atoms with van der Waals surface area (Å²) in [5, 5.41) is 2.89. The van der Waals surface area contributed by atoms with Crippen LogP contribution in [-0.4, -0.2) is 38.7 Å². The zero-order valence-corrected chi connectivity index (χ0v) is 18.8. The lowest BCUT2D eigenvalue weighted by atomic mass is 10.1.